The standard InChI is InChI=1S/C32H31NO4/c1-4-36-31(34)28-22(3)33-30(25-19-13-8-14-20-25)29(32(35)37-5-2)27(28)21-26(23-15-9-6-10-16-23)24-17-11-7-12-18-24/h6-21,27,33H,4-5H2,1-3H3. The third-order valence-corrected chi connectivity index (χ3v) is 6.16. The molecule has 1 heterocycles. The topological polar surface area (TPSA) is 64.6 Å². The zero-order valence-electron chi connectivity index (χ0n) is 21.4. The second kappa shape index (κ2) is 12.0. The first kappa shape index (κ1) is 25.7. The van der Waals surface area contributed by atoms with E-state index in [-0.39, 0.29) is 13.2 Å². The number of esters is 2. The molecule has 188 valence electrons. The Bertz CT molecular complexity index is 1300. The van der Waals surface area contributed by atoms with Crippen molar-refractivity contribution >= 4 is 23.2 Å². The van der Waals surface area contributed by atoms with Crippen LogP contribution in [0, 0.1) is 5.92 Å². The molecule has 5 heteroatoms. The molecule has 3 aromatic rings. The van der Waals surface area contributed by atoms with Crippen LogP contribution in [0.5, 0.6) is 0 Å². The Labute approximate surface area is 218 Å². The molecule has 0 spiro atoms. The molecule has 0 aliphatic carbocycles. The van der Waals surface area contributed by atoms with Crippen molar-refractivity contribution in [2.24, 2.45) is 5.92 Å². The Kier molecular flexibility index (Phi) is 8.37. The normalized spacial score (nSPS) is 15.1. The fourth-order valence-electron chi connectivity index (χ4n) is 4.54. The summed E-state index contributed by atoms with van der Waals surface area (Å²) in [4.78, 5) is 26.9. The molecule has 0 radical (unpaired) electrons. The smallest absolute Gasteiger partial charge is 0.337 e. The highest BCUT2D eigenvalue weighted by atomic mass is 16.5. The minimum absolute atomic E-state index is 0.211. The van der Waals surface area contributed by atoms with Crippen molar-refractivity contribution in [3.63, 3.8) is 0 Å². The summed E-state index contributed by atoms with van der Waals surface area (Å²) in [6.45, 7) is 5.81. The number of rotatable bonds is 8. The highest BCUT2D eigenvalue weighted by Crippen LogP contribution is 2.39. The average molecular weight is 494 g/mol. The number of nitrogens with one attached hydrogen (secondary N) is 1. The molecular formula is C32H31NO4. The van der Waals surface area contributed by atoms with Crippen molar-refractivity contribution in [3.8, 4) is 0 Å². The molecular weight excluding hydrogens is 462 g/mol. The van der Waals surface area contributed by atoms with Crippen molar-refractivity contribution in [2.45, 2.75) is 20.8 Å². The molecule has 5 nitrogen and oxygen atoms in total. The second-order valence-electron chi connectivity index (χ2n) is 8.55. The molecule has 1 unspecified atom stereocenters. The maximum absolute atomic E-state index is 13.6. The summed E-state index contributed by atoms with van der Waals surface area (Å²) < 4.78 is 11.0. The van der Waals surface area contributed by atoms with Crippen molar-refractivity contribution in [3.05, 3.63) is 131 Å². The van der Waals surface area contributed by atoms with Gasteiger partial charge in [0.15, 0.2) is 0 Å². The van der Waals surface area contributed by atoms with Crippen LogP contribution in [0.4, 0.5) is 0 Å². The molecule has 0 fully saturated rings. The van der Waals surface area contributed by atoms with Crippen molar-refractivity contribution in [2.75, 3.05) is 13.2 Å². The number of allylic oxidation sites excluding steroid dienone is 2. The summed E-state index contributed by atoms with van der Waals surface area (Å²) in [5, 5.41) is 3.32. The number of dihydropyridines is 1. The minimum Gasteiger partial charge on any atom is -0.463 e. The van der Waals surface area contributed by atoms with Crippen LogP contribution >= 0.6 is 0 Å². The van der Waals surface area contributed by atoms with E-state index in [1.165, 1.54) is 0 Å². The van der Waals surface area contributed by atoms with E-state index < -0.39 is 17.9 Å². The van der Waals surface area contributed by atoms with Gasteiger partial charge in [-0.25, -0.2) is 9.59 Å². The first-order valence-electron chi connectivity index (χ1n) is 12.5. The number of carbonyl (C=O) groups excluding carboxylic acids is 2. The molecule has 1 atom stereocenters. The fraction of sp³-hybridized carbons (Fsp3) is 0.188. The first-order chi connectivity index (χ1) is 18.0. The molecule has 4 rings (SSSR count). The summed E-state index contributed by atoms with van der Waals surface area (Å²) in [6.07, 6.45) is 1.98. The van der Waals surface area contributed by atoms with Crippen LogP contribution in [0.2, 0.25) is 0 Å². The molecule has 0 aromatic heterocycles. The van der Waals surface area contributed by atoms with Gasteiger partial charge in [0.2, 0.25) is 0 Å². The largest absolute Gasteiger partial charge is 0.463 e. The zero-order valence-corrected chi connectivity index (χ0v) is 21.4. The van der Waals surface area contributed by atoms with Crippen molar-refractivity contribution in [1.29, 1.82) is 0 Å². The van der Waals surface area contributed by atoms with Gasteiger partial charge in [-0.2, -0.15) is 0 Å². The minimum atomic E-state index is -0.704. The molecule has 0 saturated carbocycles. The predicted molar refractivity (Wildman–Crippen MR) is 146 cm³/mol. The maximum Gasteiger partial charge on any atom is 0.337 e. The van der Waals surface area contributed by atoms with Gasteiger partial charge < -0.3 is 14.8 Å². The zero-order chi connectivity index (χ0) is 26.2. The summed E-state index contributed by atoms with van der Waals surface area (Å²) in [5.41, 5.74) is 5.66. The van der Waals surface area contributed by atoms with Crippen LogP contribution in [-0.4, -0.2) is 25.2 Å². The molecule has 1 aliphatic rings. The van der Waals surface area contributed by atoms with E-state index in [9.17, 15) is 9.59 Å². The Morgan fingerprint density at radius 2 is 1.19 bits per heavy atom. The lowest BCUT2D eigenvalue weighted by atomic mass is 9.81. The van der Waals surface area contributed by atoms with E-state index >= 15 is 0 Å². The third-order valence-electron chi connectivity index (χ3n) is 6.16. The van der Waals surface area contributed by atoms with E-state index in [1.807, 2.05) is 104 Å². The molecule has 37 heavy (non-hydrogen) atoms. The van der Waals surface area contributed by atoms with Crippen LogP contribution < -0.4 is 5.32 Å². The van der Waals surface area contributed by atoms with E-state index in [4.69, 9.17) is 9.47 Å². The van der Waals surface area contributed by atoms with Gasteiger partial charge in [0.25, 0.3) is 0 Å². The highest BCUT2D eigenvalue weighted by Gasteiger charge is 2.37. The van der Waals surface area contributed by atoms with Crippen LogP contribution in [0.1, 0.15) is 37.5 Å². The van der Waals surface area contributed by atoms with Gasteiger partial charge in [-0.1, -0.05) is 97.1 Å². The molecule has 0 saturated heterocycles. The lowest BCUT2D eigenvalue weighted by molar-refractivity contribution is -0.139. The van der Waals surface area contributed by atoms with Gasteiger partial charge in [0, 0.05) is 11.6 Å². The molecule has 0 bridgehead atoms. The quantitative estimate of drug-likeness (QED) is 0.381. The maximum atomic E-state index is 13.6. The van der Waals surface area contributed by atoms with Crippen molar-refractivity contribution in [1.82, 2.24) is 5.32 Å². The third kappa shape index (κ3) is 5.72. The Morgan fingerprint density at radius 1 is 0.730 bits per heavy atom. The number of ether oxygens (including phenoxy) is 2. The van der Waals surface area contributed by atoms with Crippen LogP contribution in [0.15, 0.2) is 114 Å². The number of benzene rings is 3. The molecule has 3 aromatic carbocycles. The Morgan fingerprint density at radius 3 is 1.68 bits per heavy atom. The second-order valence-corrected chi connectivity index (χ2v) is 8.55. The number of hydrogen-bond donors (Lipinski definition) is 1. The number of carbonyl (C=O) groups is 2. The molecule has 1 N–H and O–H groups in total. The van der Waals surface area contributed by atoms with Gasteiger partial charge in [0.1, 0.15) is 0 Å². The van der Waals surface area contributed by atoms with Gasteiger partial charge >= 0.3 is 11.9 Å². The van der Waals surface area contributed by atoms with E-state index in [1.54, 1.807) is 13.8 Å². The van der Waals surface area contributed by atoms with Gasteiger partial charge in [-0.15, -0.1) is 0 Å². The van der Waals surface area contributed by atoms with Crippen LogP contribution in [0.25, 0.3) is 11.3 Å². The molecule has 1 aliphatic heterocycles. The average Bonchev–Trinajstić information content (AvgIpc) is 2.93. The van der Waals surface area contributed by atoms with Crippen LogP contribution in [-0.2, 0) is 19.1 Å². The summed E-state index contributed by atoms with van der Waals surface area (Å²) in [6, 6.07) is 29.5. The lowest BCUT2D eigenvalue weighted by Gasteiger charge is -2.30. The summed E-state index contributed by atoms with van der Waals surface area (Å²) in [5.74, 6) is -1.65. The van der Waals surface area contributed by atoms with Crippen LogP contribution in [0.3, 0.4) is 0 Å². The van der Waals surface area contributed by atoms with Gasteiger partial charge in [-0.3, -0.25) is 0 Å². The van der Waals surface area contributed by atoms with Gasteiger partial charge in [0.05, 0.1) is 30.1 Å². The van der Waals surface area contributed by atoms with Gasteiger partial charge in [-0.05, 0) is 43.0 Å². The summed E-state index contributed by atoms with van der Waals surface area (Å²) in [7, 11) is 0. The SMILES string of the molecule is CCOC(=O)C1=C(C)NC(c2ccccc2)=C(C(=O)OCC)C1C=C(c1ccccc1)c1ccccc1. The van der Waals surface area contributed by atoms with E-state index in [2.05, 4.69) is 5.32 Å². The number of hydrogen-bond acceptors (Lipinski definition) is 5. The fourth-order valence-corrected chi connectivity index (χ4v) is 4.54. The van der Waals surface area contributed by atoms with E-state index in [0.29, 0.717) is 22.5 Å². The highest BCUT2D eigenvalue weighted by molar-refractivity contribution is 6.05. The summed E-state index contributed by atoms with van der Waals surface area (Å²) >= 11 is 0. The monoisotopic (exact) mass is 493 g/mol. The first-order valence-corrected chi connectivity index (χ1v) is 12.5. The lowest BCUT2D eigenvalue weighted by Crippen LogP contribution is -2.33. The predicted octanol–water partition coefficient (Wildman–Crippen LogP) is 6.15. The van der Waals surface area contributed by atoms with Crippen molar-refractivity contribution < 1.29 is 19.1 Å². The van der Waals surface area contributed by atoms with E-state index in [0.717, 1.165) is 22.3 Å². The Balaban J connectivity index is 2.02. The molecule has 0 amide bonds. The Hall–Kier alpha value is -4.38.